The van der Waals surface area contributed by atoms with E-state index in [-0.39, 0.29) is 24.7 Å². The van der Waals surface area contributed by atoms with Gasteiger partial charge in [-0.1, -0.05) is 0 Å². The summed E-state index contributed by atoms with van der Waals surface area (Å²) in [4.78, 5) is 37.5. The van der Waals surface area contributed by atoms with E-state index in [0.717, 1.165) is 32.5 Å². The van der Waals surface area contributed by atoms with Gasteiger partial charge in [0, 0.05) is 32.9 Å². The van der Waals surface area contributed by atoms with Crippen molar-refractivity contribution in [2.75, 3.05) is 59.0 Å². The minimum Gasteiger partial charge on any atom is -0.756 e. The standard InChI is InChI=1S/C26H30I6NO8PS2/c1-33(2,3)4-5-39-42(36,37)40-11-20(41-24(35)15-44-13-17-7-19(28)9-22(30)26(17)32)10-38-23(34)14-43-12-16-6-18(27)8-21(29)25(16)31/h6-9,20H,4-5,10-15H2,1-3H3/t20-/m1/s1. The Hall–Kier alpha value is 2.53. The minimum atomic E-state index is -4.67. The number of carbonyl (C=O) groups excluding carboxylic acids is 2. The number of nitrogens with zero attached hydrogens (tertiary/aromatic N) is 1. The number of phosphoric acid groups is 1. The van der Waals surface area contributed by atoms with Crippen LogP contribution in [0, 0.1) is 21.4 Å². The molecular weight excluding hydrogens is 1310 g/mol. The first-order valence-corrected chi connectivity index (χ1v) is 22.9. The number of esters is 2. The van der Waals surface area contributed by atoms with E-state index < -0.39 is 32.5 Å². The number of thioether (sulfide) groups is 2. The maximum atomic E-state index is 12.7. The zero-order valence-electron chi connectivity index (χ0n) is 23.8. The number of halogens is 6. The molecule has 2 aromatic rings. The van der Waals surface area contributed by atoms with Crippen LogP contribution in [0.5, 0.6) is 0 Å². The average Bonchev–Trinajstić information content (AvgIpc) is 2.90. The van der Waals surface area contributed by atoms with Crippen LogP contribution in [-0.2, 0) is 44.2 Å². The molecule has 0 bridgehead atoms. The number of phosphoric ester groups is 1. The van der Waals surface area contributed by atoms with E-state index in [9.17, 15) is 19.0 Å². The third-order valence-electron chi connectivity index (χ3n) is 5.25. The zero-order chi connectivity index (χ0) is 33.1. The summed E-state index contributed by atoms with van der Waals surface area (Å²) in [5, 5.41) is 0. The summed E-state index contributed by atoms with van der Waals surface area (Å²) in [6.45, 7) is -0.500. The van der Waals surface area contributed by atoms with Crippen LogP contribution >= 0.6 is 167 Å². The molecule has 0 aliphatic rings. The van der Waals surface area contributed by atoms with Crippen molar-refractivity contribution in [3.8, 4) is 0 Å². The lowest BCUT2D eigenvalue weighted by molar-refractivity contribution is -0.870. The van der Waals surface area contributed by atoms with Crippen molar-refractivity contribution in [3.05, 3.63) is 56.8 Å². The van der Waals surface area contributed by atoms with Crippen molar-refractivity contribution in [1.29, 1.82) is 0 Å². The summed E-state index contributed by atoms with van der Waals surface area (Å²) in [6, 6.07) is 8.33. The lowest BCUT2D eigenvalue weighted by atomic mass is 10.2. The second-order valence-electron chi connectivity index (χ2n) is 10.1. The molecule has 9 nitrogen and oxygen atoms in total. The lowest BCUT2D eigenvalue weighted by Gasteiger charge is -2.28. The molecule has 0 aromatic heterocycles. The topological polar surface area (TPSA) is 111 Å². The molecule has 0 saturated carbocycles. The highest BCUT2D eigenvalue weighted by atomic mass is 127. The van der Waals surface area contributed by atoms with Gasteiger partial charge in [-0.05, 0) is 171 Å². The predicted molar refractivity (Wildman–Crippen MR) is 225 cm³/mol. The van der Waals surface area contributed by atoms with Gasteiger partial charge in [-0.15, -0.1) is 23.5 Å². The Labute approximate surface area is 349 Å². The Balaban J connectivity index is 1.94. The first-order valence-electron chi connectivity index (χ1n) is 12.6. The number of ether oxygens (including phenoxy) is 2. The van der Waals surface area contributed by atoms with Gasteiger partial charge in [0.2, 0.25) is 0 Å². The van der Waals surface area contributed by atoms with Crippen molar-refractivity contribution in [2.24, 2.45) is 0 Å². The molecule has 2 aromatic carbocycles. The number of likely N-dealkylation sites (N-methyl/N-ethyl adjacent to an activating group) is 1. The van der Waals surface area contributed by atoms with Gasteiger partial charge in [0.05, 0.1) is 39.3 Å². The van der Waals surface area contributed by atoms with Gasteiger partial charge in [-0.25, -0.2) is 0 Å². The fraction of sp³-hybridized carbons (Fsp3) is 0.462. The first kappa shape index (κ1) is 42.7. The van der Waals surface area contributed by atoms with Crippen LogP contribution < -0.4 is 4.89 Å². The van der Waals surface area contributed by atoms with Gasteiger partial charge in [0.15, 0.2) is 6.10 Å². The molecule has 18 heteroatoms. The fourth-order valence-electron chi connectivity index (χ4n) is 3.12. The third kappa shape index (κ3) is 17.5. The lowest BCUT2D eigenvalue weighted by Crippen LogP contribution is -2.37. The maximum absolute atomic E-state index is 12.7. The highest BCUT2D eigenvalue weighted by Crippen LogP contribution is 2.38. The summed E-state index contributed by atoms with van der Waals surface area (Å²) < 4.78 is 40.4. The summed E-state index contributed by atoms with van der Waals surface area (Å²) in [5.74, 6) is 0.258. The van der Waals surface area contributed by atoms with Gasteiger partial charge in [0.1, 0.15) is 19.8 Å². The number of rotatable bonds is 18. The van der Waals surface area contributed by atoms with Crippen molar-refractivity contribution >= 4 is 179 Å². The molecule has 0 spiro atoms. The van der Waals surface area contributed by atoms with E-state index >= 15 is 0 Å². The van der Waals surface area contributed by atoms with E-state index in [0.29, 0.717) is 22.5 Å². The Kier molecular flexibility index (Phi) is 20.4. The zero-order valence-corrected chi connectivity index (χ0v) is 39.3. The number of carbonyl (C=O) groups is 2. The van der Waals surface area contributed by atoms with Crippen LogP contribution in [-0.4, -0.2) is 81.5 Å². The Morgan fingerprint density at radius 3 is 1.82 bits per heavy atom. The van der Waals surface area contributed by atoms with E-state index in [1.165, 1.54) is 23.5 Å². The van der Waals surface area contributed by atoms with Crippen molar-refractivity contribution < 1.29 is 42.1 Å². The van der Waals surface area contributed by atoms with Crippen molar-refractivity contribution in [2.45, 2.75) is 17.6 Å². The van der Waals surface area contributed by atoms with Crippen molar-refractivity contribution in [1.82, 2.24) is 0 Å². The van der Waals surface area contributed by atoms with Crippen LogP contribution in [0.15, 0.2) is 24.3 Å². The molecule has 0 heterocycles. The van der Waals surface area contributed by atoms with Crippen LogP contribution in [0.4, 0.5) is 0 Å². The summed E-state index contributed by atoms with van der Waals surface area (Å²) >= 11 is 16.5. The number of hydrogen-bond acceptors (Lipinski definition) is 10. The molecule has 0 saturated heterocycles. The van der Waals surface area contributed by atoms with Gasteiger partial charge >= 0.3 is 11.9 Å². The molecule has 0 fully saturated rings. The second-order valence-corrected chi connectivity index (χ2v) is 20.4. The van der Waals surface area contributed by atoms with Gasteiger partial charge < -0.3 is 27.9 Å². The normalized spacial score (nSPS) is 13.8. The average molecular weight is 1340 g/mol. The quantitative estimate of drug-likeness (QED) is 0.0503. The highest BCUT2D eigenvalue weighted by Gasteiger charge is 2.22. The largest absolute Gasteiger partial charge is 0.756 e. The second kappa shape index (κ2) is 21.0. The van der Waals surface area contributed by atoms with Gasteiger partial charge in [0.25, 0.3) is 7.82 Å². The molecule has 1 unspecified atom stereocenters. The molecule has 0 aliphatic heterocycles. The van der Waals surface area contributed by atoms with E-state index in [2.05, 4.69) is 160 Å². The number of benzene rings is 2. The SMILES string of the molecule is C[N+](C)(C)CCOP(=O)([O-])OC[C@@H](COC(=O)CSCc1cc(I)cc(I)c1I)OC(=O)CSCc1cc(I)cc(I)c1I. The summed E-state index contributed by atoms with van der Waals surface area (Å²) in [6.07, 6.45) is -1.13. The molecule has 2 atom stereocenters. The van der Waals surface area contributed by atoms with E-state index in [1.807, 2.05) is 21.1 Å². The predicted octanol–water partition coefficient (Wildman–Crippen LogP) is 7.14. The van der Waals surface area contributed by atoms with Gasteiger partial charge in [-0.3, -0.25) is 14.2 Å². The van der Waals surface area contributed by atoms with E-state index in [4.69, 9.17) is 18.5 Å². The van der Waals surface area contributed by atoms with Crippen LogP contribution in [0.3, 0.4) is 0 Å². The number of hydrogen-bond donors (Lipinski definition) is 0. The minimum absolute atomic E-state index is 0.0285. The Morgan fingerprint density at radius 2 is 1.32 bits per heavy atom. The molecule has 0 radical (unpaired) electrons. The summed E-state index contributed by atoms with van der Waals surface area (Å²) in [5.41, 5.74) is 2.24. The fourth-order valence-corrected chi connectivity index (χ4v) is 10.9. The van der Waals surface area contributed by atoms with Gasteiger partial charge in [-0.2, -0.15) is 0 Å². The molecular formula is C26H30I6NO8PS2. The molecule has 44 heavy (non-hydrogen) atoms. The molecule has 0 N–H and O–H groups in total. The molecule has 0 aliphatic carbocycles. The molecule has 2 rings (SSSR count). The van der Waals surface area contributed by atoms with Crippen LogP contribution in [0.1, 0.15) is 11.1 Å². The van der Waals surface area contributed by atoms with E-state index in [1.54, 1.807) is 0 Å². The third-order valence-corrected chi connectivity index (χ3v) is 15.7. The van der Waals surface area contributed by atoms with Crippen molar-refractivity contribution in [3.63, 3.8) is 0 Å². The molecule has 0 amide bonds. The highest BCUT2D eigenvalue weighted by molar-refractivity contribution is 14.1. The van der Waals surface area contributed by atoms with Crippen LogP contribution in [0.2, 0.25) is 0 Å². The smallest absolute Gasteiger partial charge is 0.316 e. The number of quaternary nitrogens is 1. The van der Waals surface area contributed by atoms with Crippen LogP contribution in [0.25, 0.3) is 0 Å². The monoisotopic (exact) mass is 1340 g/mol. The Morgan fingerprint density at radius 1 is 0.818 bits per heavy atom. The maximum Gasteiger partial charge on any atom is 0.316 e. The summed E-state index contributed by atoms with van der Waals surface area (Å²) in [7, 11) is 1.05. The first-order chi connectivity index (χ1) is 20.5. The Bertz CT molecular complexity index is 1350. The molecule has 246 valence electrons.